The number of benzene rings is 1. The molecule has 0 bridgehead atoms. The van der Waals surface area contributed by atoms with E-state index >= 15 is 0 Å². The highest BCUT2D eigenvalue weighted by molar-refractivity contribution is 5.73. The van der Waals surface area contributed by atoms with E-state index in [1.165, 1.54) is 17.5 Å². The molecule has 6 nitrogen and oxygen atoms in total. The van der Waals surface area contributed by atoms with E-state index in [4.69, 9.17) is 0 Å². The fraction of sp³-hybridized carbons (Fsp3) is 0.524. The van der Waals surface area contributed by atoms with E-state index < -0.39 is 0 Å². The smallest absolute Gasteiger partial charge is 0.317 e. The zero-order valence-electron chi connectivity index (χ0n) is 16.7. The van der Waals surface area contributed by atoms with Gasteiger partial charge in [0, 0.05) is 52.2 Å². The lowest BCUT2D eigenvalue weighted by molar-refractivity contribution is 0.205. The topological polar surface area (TPSA) is 53.4 Å². The molecule has 0 radical (unpaired) electrons. The first-order valence-corrected chi connectivity index (χ1v) is 9.79. The first-order chi connectivity index (χ1) is 13.0. The number of nitrogens with zero attached hydrogens (tertiary/aromatic N) is 4. The molecule has 1 aromatic carbocycles. The summed E-state index contributed by atoms with van der Waals surface area (Å²) in [5.74, 6) is 1.59. The van der Waals surface area contributed by atoms with Gasteiger partial charge < -0.3 is 19.7 Å². The number of nitrogens with one attached hydrogen (secondary N) is 1. The van der Waals surface area contributed by atoms with Crippen LogP contribution < -0.4 is 5.32 Å². The van der Waals surface area contributed by atoms with Gasteiger partial charge in [0.15, 0.2) is 0 Å². The van der Waals surface area contributed by atoms with Gasteiger partial charge in [0.1, 0.15) is 5.82 Å². The summed E-state index contributed by atoms with van der Waals surface area (Å²) < 4.78 is 2.06. The van der Waals surface area contributed by atoms with Gasteiger partial charge in [-0.3, -0.25) is 0 Å². The van der Waals surface area contributed by atoms with Gasteiger partial charge in [-0.15, -0.1) is 0 Å². The summed E-state index contributed by atoms with van der Waals surface area (Å²) in [6.07, 6.45) is 4.93. The van der Waals surface area contributed by atoms with Gasteiger partial charge in [-0.2, -0.15) is 0 Å². The van der Waals surface area contributed by atoms with Crippen LogP contribution in [0.25, 0.3) is 0 Å². The van der Waals surface area contributed by atoms with Crippen molar-refractivity contribution in [3.8, 4) is 0 Å². The molecule has 27 heavy (non-hydrogen) atoms. The van der Waals surface area contributed by atoms with E-state index in [9.17, 15) is 4.79 Å². The van der Waals surface area contributed by atoms with Crippen molar-refractivity contribution in [1.82, 2.24) is 24.7 Å². The van der Waals surface area contributed by atoms with Crippen molar-refractivity contribution >= 4 is 6.03 Å². The van der Waals surface area contributed by atoms with E-state index in [1.807, 2.05) is 20.2 Å². The number of imidazole rings is 1. The van der Waals surface area contributed by atoms with Crippen LogP contribution in [0.5, 0.6) is 0 Å². The van der Waals surface area contributed by atoms with Crippen molar-refractivity contribution in [2.75, 3.05) is 39.8 Å². The maximum Gasteiger partial charge on any atom is 0.317 e. The van der Waals surface area contributed by atoms with Crippen LogP contribution in [0.1, 0.15) is 29.3 Å². The lowest BCUT2D eigenvalue weighted by Gasteiger charge is -2.21. The van der Waals surface area contributed by atoms with Crippen molar-refractivity contribution in [2.45, 2.75) is 32.7 Å². The number of likely N-dealkylation sites (N-methyl/N-ethyl adjacent to an activating group) is 1. The molecule has 0 saturated carbocycles. The van der Waals surface area contributed by atoms with Gasteiger partial charge in [-0.1, -0.05) is 24.3 Å². The molecule has 1 N–H and O–H groups in total. The van der Waals surface area contributed by atoms with Gasteiger partial charge in [0.05, 0.1) is 0 Å². The summed E-state index contributed by atoms with van der Waals surface area (Å²) in [7, 11) is 1.84. The second kappa shape index (κ2) is 9.04. The normalized spacial score (nSPS) is 17.2. The molecule has 1 saturated heterocycles. The number of aromatic nitrogens is 2. The Balaban J connectivity index is 1.36. The van der Waals surface area contributed by atoms with E-state index in [1.54, 1.807) is 11.1 Å². The Morgan fingerprint density at radius 2 is 2.11 bits per heavy atom. The van der Waals surface area contributed by atoms with Crippen molar-refractivity contribution in [2.24, 2.45) is 0 Å². The lowest BCUT2D eigenvalue weighted by atomic mass is 9.94. The van der Waals surface area contributed by atoms with Crippen LogP contribution in [-0.2, 0) is 6.54 Å². The molecule has 0 aliphatic carbocycles. The van der Waals surface area contributed by atoms with Gasteiger partial charge in [-0.25, -0.2) is 9.78 Å². The number of rotatable bonds is 7. The fourth-order valence-corrected chi connectivity index (χ4v) is 3.79. The summed E-state index contributed by atoms with van der Waals surface area (Å²) in [5.41, 5.74) is 2.85. The highest BCUT2D eigenvalue weighted by atomic mass is 16.2. The lowest BCUT2D eigenvalue weighted by Crippen LogP contribution is -2.42. The van der Waals surface area contributed by atoms with Gasteiger partial charge >= 0.3 is 6.03 Å². The second-order valence-corrected chi connectivity index (χ2v) is 7.46. The molecule has 2 heterocycles. The van der Waals surface area contributed by atoms with E-state index in [-0.39, 0.29) is 6.03 Å². The zero-order chi connectivity index (χ0) is 19.2. The van der Waals surface area contributed by atoms with Crippen molar-refractivity contribution in [3.63, 3.8) is 0 Å². The number of urea groups is 1. The third-order valence-electron chi connectivity index (χ3n) is 5.55. The van der Waals surface area contributed by atoms with Crippen molar-refractivity contribution in [3.05, 3.63) is 53.6 Å². The van der Waals surface area contributed by atoms with Gasteiger partial charge in [0.2, 0.25) is 0 Å². The molecular formula is C21H31N5O. The molecule has 1 fully saturated rings. The molecule has 2 amide bonds. The summed E-state index contributed by atoms with van der Waals surface area (Å²) in [5, 5.41) is 3.04. The maximum absolute atomic E-state index is 12.3. The summed E-state index contributed by atoms with van der Waals surface area (Å²) >= 11 is 0. The molecule has 146 valence electrons. The third-order valence-corrected chi connectivity index (χ3v) is 5.55. The Bertz CT molecular complexity index is 757. The van der Waals surface area contributed by atoms with Crippen LogP contribution in [0.15, 0.2) is 36.7 Å². The molecule has 1 aliphatic heterocycles. The number of aryl methyl sites for hydroxylation is 2. The minimum atomic E-state index is -0.0116. The minimum absolute atomic E-state index is 0.0116. The molecule has 1 atom stereocenters. The number of hydrogen-bond donors (Lipinski definition) is 1. The average Bonchev–Trinajstić information content (AvgIpc) is 3.29. The highest BCUT2D eigenvalue weighted by Gasteiger charge is 2.24. The predicted molar refractivity (Wildman–Crippen MR) is 108 cm³/mol. The molecule has 3 rings (SSSR count). The average molecular weight is 370 g/mol. The fourth-order valence-electron chi connectivity index (χ4n) is 3.79. The number of likely N-dealkylation sites (tertiary alicyclic amines) is 1. The summed E-state index contributed by atoms with van der Waals surface area (Å²) in [6, 6.07) is 8.67. The second-order valence-electron chi connectivity index (χ2n) is 7.46. The van der Waals surface area contributed by atoms with Crippen LogP contribution >= 0.6 is 0 Å². The monoisotopic (exact) mass is 369 g/mol. The molecule has 1 aliphatic rings. The van der Waals surface area contributed by atoms with E-state index in [0.717, 1.165) is 32.0 Å². The van der Waals surface area contributed by atoms with Gasteiger partial charge in [0.25, 0.3) is 0 Å². The number of amides is 2. The first-order valence-electron chi connectivity index (χ1n) is 9.79. The van der Waals surface area contributed by atoms with Crippen molar-refractivity contribution in [1.29, 1.82) is 0 Å². The minimum Gasteiger partial charge on any atom is -0.337 e. The van der Waals surface area contributed by atoms with Crippen LogP contribution in [0.3, 0.4) is 0 Å². The number of hydrogen-bond acceptors (Lipinski definition) is 3. The molecule has 0 unspecified atom stereocenters. The Morgan fingerprint density at radius 3 is 2.85 bits per heavy atom. The van der Waals surface area contributed by atoms with E-state index in [2.05, 4.69) is 51.0 Å². The summed E-state index contributed by atoms with van der Waals surface area (Å²) in [4.78, 5) is 20.7. The Morgan fingerprint density at radius 1 is 1.30 bits per heavy atom. The Hall–Kier alpha value is -2.34. The first kappa shape index (κ1) is 19.4. The van der Waals surface area contributed by atoms with Crippen LogP contribution in [0, 0.1) is 13.8 Å². The Labute approximate surface area is 162 Å². The molecule has 2 aromatic rings. The molecule has 1 aromatic heterocycles. The van der Waals surface area contributed by atoms with E-state index in [0.29, 0.717) is 19.0 Å². The largest absolute Gasteiger partial charge is 0.337 e. The van der Waals surface area contributed by atoms with Crippen LogP contribution in [0.4, 0.5) is 4.79 Å². The molecular weight excluding hydrogens is 338 g/mol. The van der Waals surface area contributed by atoms with Crippen LogP contribution in [0.2, 0.25) is 0 Å². The number of carbonyl (C=O) groups excluding carboxylic acids is 1. The maximum atomic E-state index is 12.3. The SMILES string of the molecule is Cc1ccccc1[C@@H]1CCN(CCNC(=O)N(C)CCn2ccnc2C)C1. The summed E-state index contributed by atoms with van der Waals surface area (Å²) in [6.45, 7) is 9.37. The Kier molecular flexibility index (Phi) is 6.50. The molecule has 6 heteroatoms. The highest BCUT2D eigenvalue weighted by Crippen LogP contribution is 2.28. The zero-order valence-corrected chi connectivity index (χ0v) is 16.7. The molecule has 0 spiro atoms. The standard InChI is InChI=1S/C21H31N5O/c1-17-6-4-5-7-20(17)19-8-11-25(16-19)12-9-23-21(27)24(3)14-15-26-13-10-22-18(26)2/h4-7,10,13,19H,8-9,11-12,14-16H2,1-3H3,(H,23,27)/t19-/m1/s1. The van der Waals surface area contributed by atoms with Gasteiger partial charge in [-0.05, 0) is 43.9 Å². The van der Waals surface area contributed by atoms with Crippen molar-refractivity contribution < 1.29 is 4.79 Å². The van der Waals surface area contributed by atoms with Crippen LogP contribution in [-0.4, -0.2) is 65.2 Å². The third kappa shape index (κ3) is 5.10. The predicted octanol–water partition coefficient (Wildman–Crippen LogP) is 2.63. The number of carbonyl (C=O) groups is 1. The quantitative estimate of drug-likeness (QED) is 0.816.